The van der Waals surface area contributed by atoms with E-state index in [1.807, 2.05) is 33.4 Å². The van der Waals surface area contributed by atoms with Crippen LogP contribution in [-0.2, 0) is 19.5 Å². The molecule has 0 fully saturated rings. The van der Waals surface area contributed by atoms with Crippen molar-refractivity contribution >= 4 is 0 Å². The number of nitrogens with zero attached hydrogens (tertiary/aromatic N) is 6. The van der Waals surface area contributed by atoms with E-state index in [1.165, 1.54) is 0 Å². The molecule has 1 aromatic carbocycles. The second kappa shape index (κ2) is 9.94. The van der Waals surface area contributed by atoms with E-state index in [2.05, 4.69) is 65.4 Å². The fraction of sp³-hybridized carbons (Fsp3) is 0.400. The van der Waals surface area contributed by atoms with Gasteiger partial charge < -0.3 is 0 Å². The van der Waals surface area contributed by atoms with Gasteiger partial charge in [0, 0.05) is 35.3 Å². The topological polar surface area (TPSA) is 94.3 Å². The van der Waals surface area contributed by atoms with Crippen molar-refractivity contribution in [3.05, 3.63) is 70.0 Å². The predicted molar refractivity (Wildman–Crippen MR) is 129 cm³/mol. The molecule has 0 aliphatic rings. The molecular formula is C25H31N7O. The predicted octanol–water partition coefficient (Wildman–Crippen LogP) is 4.25. The molecule has 172 valence electrons. The van der Waals surface area contributed by atoms with Crippen molar-refractivity contribution in [1.82, 2.24) is 34.7 Å². The van der Waals surface area contributed by atoms with Crippen molar-refractivity contribution in [3.8, 4) is 22.6 Å². The van der Waals surface area contributed by atoms with Gasteiger partial charge in [-0.1, -0.05) is 51.5 Å². The number of rotatable bonds is 9. The zero-order chi connectivity index (χ0) is 23.4. The Balaban J connectivity index is 1.63. The Bertz CT molecular complexity index is 1250. The van der Waals surface area contributed by atoms with Gasteiger partial charge in [0.05, 0.1) is 12.2 Å². The standard InChI is InChI=1S/C25H31N7O/c1-5-7-22-18(4)31(15-13-17(2)3)25(33)32(22)16-19-9-11-20(12-10-19)23-21(8-6-14-26-23)24-27-29-30-28-24/h6,8-12,14,17H,5,7,13,15-16H2,1-4H3,(H,27,28,29,30). The molecule has 0 bridgehead atoms. The lowest BCUT2D eigenvalue weighted by atomic mass is 10.0. The molecule has 0 unspecified atom stereocenters. The van der Waals surface area contributed by atoms with Crippen LogP contribution in [0, 0.1) is 12.8 Å². The second-order valence-electron chi connectivity index (χ2n) is 8.82. The summed E-state index contributed by atoms with van der Waals surface area (Å²) in [5, 5.41) is 14.3. The van der Waals surface area contributed by atoms with Crippen LogP contribution in [0.25, 0.3) is 22.6 Å². The fourth-order valence-corrected chi connectivity index (χ4v) is 4.16. The van der Waals surface area contributed by atoms with Crippen LogP contribution in [0.5, 0.6) is 0 Å². The number of H-pyrrole nitrogens is 1. The maximum absolute atomic E-state index is 13.3. The van der Waals surface area contributed by atoms with Crippen LogP contribution >= 0.6 is 0 Å². The maximum atomic E-state index is 13.3. The lowest BCUT2D eigenvalue weighted by Gasteiger charge is -2.09. The normalized spacial score (nSPS) is 11.4. The molecule has 0 saturated heterocycles. The molecule has 3 heterocycles. The molecule has 0 radical (unpaired) electrons. The molecule has 3 aromatic heterocycles. The summed E-state index contributed by atoms with van der Waals surface area (Å²) in [5.74, 6) is 1.07. The summed E-state index contributed by atoms with van der Waals surface area (Å²) in [6.45, 7) is 9.94. The third-order valence-corrected chi connectivity index (χ3v) is 5.99. The van der Waals surface area contributed by atoms with E-state index in [9.17, 15) is 4.79 Å². The Morgan fingerprint density at radius 2 is 1.88 bits per heavy atom. The molecule has 1 N–H and O–H groups in total. The molecule has 0 aliphatic carbocycles. The molecule has 0 saturated carbocycles. The Kier molecular flexibility index (Phi) is 6.82. The Morgan fingerprint density at radius 1 is 1.09 bits per heavy atom. The first-order valence-corrected chi connectivity index (χ1v) is 11.6. The SMILES string of the molecule is CCCc1c(C)n(CCC(C)C)c(=O)n1Cc1ccc(-c2ncccc2-c2nn[nH]n2)cc1. The van der Waals surface area contributed by atoms with Gasteiger partial charge in [-0.3, -0.25) is 14.1 Å². The summed E-state index contributed by atoms with van der Waals surface area (Å²) in [6, 6.07) is 12.0. The van der Waals surface area contributed by atoms with E-state index in [-0.39, 0.29) is 5.69 Å². The number of aromatic nitrogens is 7. The zero-order valence-electron chi connectivity index (χ0n) is 19.7. The van der Waals surface area contributed by atoms with E-state index in [0.717, 1.165) is 59.6 Å². The van der Waals surface area contributed by atoms with Crippen molar-refractivity contribution in [2.45, 2.75) is 60.0 Å². The largest absolute Gasteiger partial charge is 0.328 e. The van der Waals surface area contributed by atoms with Gasteiger partial charge in [-0.05, 0) is 48.6 Å². The highest BCUT2D eigenvalue weighted by atomic mass is 16.1. The number of pyridine rings is 1. The number of nitrogens with one attached hydrogen (secondary N) is 1. The van der Waals surface area contributed by atoms with Gasteiger partial charge in [0.25, 0.3) is 0 Å². The van der Waals surface area contributed by atoms with Crippen LogP contribution in [0.1, 0.15) is 50.6 Å². The summed E-state index contributed by atoms with van der Waals surface area (Å²) < 4.78 is 3.89. The third kappa shape index (κ3) is 4.79. The highest BCUT2D eigenvalue weighted by Gasteiger charge is 2.17. The van der Waals surface area contributed by atoms with Crippen molar-refractivity contribution in [1.29, 1.82) is 0 Å². The van der Waals surface area contributed by atoms with Gasteiger partial charge in [-0.15, -0.1) is 10.2 Å². The van der Waals surface area contributed by atoms with E-state index in [0.29, 0.717) is 18.3 Å². The molecule has 0 amide bonds. The van der Waals surface area contributed by atoms with Gasteiger partial charge in [0.1, 0.15) is 0 Å². The van der Waals surface area contributed by atoms with E-state index >= 15 is 0 Å². The van der Waals surface area contributed by atoms with Crippen molar-refractivity contribution in [2.75, 3.05) is 0 Å². The first-order valence-electron chi connectivity index (χ1n) is 11.6. The molecule has 4 rings (SSSR count). The minimum absolute atomic E-state index is 0.0878. The van der Waals surface area contributed by atoms with Gasteiger partial charge in [-0.25, -0.2) is 4.79 Å². The fourth-order valence-electron chi connectivity index (χ4n) is 4.16. The van der Waals surface area contributed by atoms with Crippen molar-refractivity contribution in [2.24, 2.45) is 5.92 Å². The van der Waals surface area contributed by atoms with E-state index < -0.39 is 0 Å². The highest BCUT2D eigenvalue weighted by Crippen LogP contribution is 2.27. The molecule has 0 atom stereocenters. The van der Waals surface area contributed by atoms with E-state index in [4.69, 9.17) is 0 Å². The molecule has 8 nitrogen and oxygen atoms in total. The lowest BCUT2D eigenvalue weighted by molar-refractivity contribution is 0.498. The quantitative estimate of drug-likeness (QED) is 0.416. The van der Waals surface area contributed by atoms with Crippen LogP contribution in [0.3, 0.4) is 0 Å². The van der Waals surface area contributed by atoms with Crippen molar-refractivity contribution < 1.29 is 0 Å². The molecule has 33 heavy (non-hydrogen) atoms. The van der Waals surface area contributed by atoms with Gasteiger partial charge >= 0.3 is 5.69 Å². The Hall–Kier alpha value is -3.55. The van der Waals surface area contributed by atoms with E-state index in [1.54, 1.807) is 6.20 Å². The number of aromatic amines is 1. The second-order valence-corrected chi connectivity index (χ2v) is 8.82. The molecule has 8 heteroatoms. The van der Waals surface area contributed by atoms with Crippen LogP contribution in [0.2, 0.25) is 0 Å². The molecule has 4 aromatic rings. The number of tetrazole rings is 1. The number of hydrogen-bond acceptors (Lipinski definition) is 5. The minimum Gasteiger partial charge on any atom is -0.296 e. The molecular weight excluding hydrogens is 414 g/mol. The molecule has 0 spiro atoms. The first kappa shape index (κ1) is 22.6. The van der Waals surface area contributed by atoms with Crippen LogP contribution in [0.4, 0.5) is 0 Å². The van der Waals surface area contributed by atoms with Crippen LogP contribution in [-0.4, -0.2) is 34.7 Å². The van der Waals surface area contributed by atoms with Crippen LogP contribution in [0.15, 0.2) is 47.4 Å². The maximum Gasteiger partial charge on any atom is 0.328 e. The summed E-state index contributed by atoms with van der Waals surface area (Å²) in [7, 11) is 0. The van der Waals surface area contributed by atoms with Gasteiger partial charge in [0.2, 0.25) is 5.82 Å². The third-order valence-electron chi connectivity index (χ3n) is 5.99. The Morgan fingerprint density at radius 3 is 2.55 bits per heavy atom. The summed E-state index contributed by atoms with van der Waals surface area (Å²) in [4.78, 5) is 17.8. The minimum atomic E-state index is 0.0878. The van der Waals surface area contributed by atoms with Crippen LogP contribution < -0.4 is 5.69 Å². The number of hydrogen-bond donors (Lipinski definition) is 1. The summed E-state index contributed by atoms with van der Waals surface area (Å²) in [5.41, 5.74) is 5.98. The lowest BCUT2D eigenvalue weighted by Crippen LogP contribution is -2.26. The smallest absolute Gasteiger partial charge is 0.296 e. The number of benzene rings is 1. The average molecular weight is 446 g/mol. The van der Waals surface area contributed by atoms with Gasteiger partial charge in [-0.2, -0.15) is 5.21 Å². The Labute approximate surface area is 193 Å². The zero-order valence-corrected chi connectivity index (χ0v) is 19.7. The van der Waals surface area contributed by atoms with Crippen molar-refractivity contribution in [3.63, 3.8) is 0 Å². The van der Waals surface area contributed by atoms with Gasteiger partial charge in [0.15, 0.2) is 0 Å². The summed E-state index contributed by atoms with van der Waals surface area (Å²) >= 11 is 0. The monoisotopic (exact) mass is 445 g/mol. The number of imidazole rings is 1. The summed E-state index contributed by atoms with van der Waals surface area (Å²) in [6.07, 6.45) is 4.66. The average Bonchev–Trinajstić information content (AvgIpc) is 3.42. The highest BCUT2D eigenvalue weighted by molar-refractivity contribution is 5.76. The first-order chi connectivity index (χ1) is 16.0. The molecule has 0 aliphatic heterocycles.